The van der Waals surface area contributed by atoms with Gasteiger partial charge in [0.2, 0.25) is 0 Å². The van der Waals surface area contributed by atoms with E-state index in [9.17, 15) is 4.79 Å². The molecule has 0 heterocycles. The Balaban J connectivity index is 2.43. The number of unbranched alkanes of at least 4 members (excludes halogenated alkanes) is 2. The summed E-state index contributed by atoms with van der Waals surface area (Å²) < 4.78 is 6.76. The van der Waals surface area contributed by atoms with E-state index in [0.717, 1.165) is 18.7 Å². The van der Waals surface area contributed by atoms with Crippen LogP contribution in [-0.2, 0) is 0 Å². The van der Waals surface area contributed by atoms with Crippen molar-refractivity contribution in [2.75, 3.05) is 11.0 Å². The summed E-state index contributed by atoms with van der Waals surface area (Å²) in [6, 6.07) is 7.33. The zero-order chi connectivity index (χ0) is 14.1. The fourth-order valence-corrected chi connectivity index (χ4v) is 2.22. The van der Waals surface area contributed by atoms with E-state index in [1.807, 2.05) is 32.0 Å². The number of carbonyl (C=O) groups is 1. The Morgan fingerprint density at radius 1 is 1.32 bits per heavy atom. The molecule has 1 aromatic rings. The number of benzene rings is 1. The van der Waals surface area contributed by atoms with Crippen molar-refractivity contribution < 1.29 is 9.53 Å². The maximum atomic E-state index is 11.9. The Bertz CT molecular complexity index is 393. The number of ether oxygens (including phenoxy) is 1. The molecule has 106 valence electrons. The second-order valence-corrected chi connectivity index (χ2v) is 5.78. The molecule has 0 bridgehead atoms. The monoisotopic (exact) mass is 375 g/mol. The molecule has 0 fully saturated rings. The molecule has 0 aliphatic heterocycles. The molecule has 19 heavy (non-hydrogen) atoms. The third kappa shape index (κ3) is 6.80. The van der Waals surface area contributed by atoms with Crippen LogP contribution in [0.3, 0.4) is 0 Å². The highest BCUT2D eigenvalue weighted by Gasteiger charge is 2.06. The van der Waals surface area contributed by atoms with Crippen molar-refractivity contribution in [3.63, 3.8) is 0 Å². The molecule has 0 saturated carbocycles. The van der Waals surface area contributed by atoms with Gasteiger partial charge >= 0.3 is 0 Å². The van der Waals surface area contributed by atoms with Crippen molar-refractivity contribution in [1.82, 2.24) is 5.32 Å². The van der Waals surface area contributed by atoms with Crippen LogP contribution in [0.15, 0.2) is 24.3 Å². The van der Waals surface area contributed by atoms with Crippen molar-refractivity contribution >= 4 is 28.5 Å². The predicted molar refractivity (Wildman–Crippen MR) is 87.3 cm³/mol. The number of carbonyl (C=O) groups excluding carboxylic acids is 1. The van der Waals surface area contributed by atoms with E-state index in [1.165, 1.54) is 17.3 Å². The van der Waals surface area contributed by atoms with Gasteiger partial charge in [-0.05, 0) is 49.3 Å². The van der Waals surface area contributed by atoms with Crippen LogP contribution in [0, 0.1) is 0 Å². The highest BCUT2D eigenvalue weighted by Crippen LogP contribution is 2.14. The Morgan fingerprint density at radius 2 is 2.11 bits per heavy atom. The number of amides is 1. The summed E-state index contributed by atoms with van der Waals surface area (Å²) in [5, 5.41) is 2.94. The predicted octanol–water partition coefficient (Wildman–Crippen LogP) is 3.81. The average Bonchev–Trinajstić information content (AvgIpc) is 2.38. The standard InChI is InChI=1S/C15H22INO2/c1-12(2)19-14-8-6-7-13(11-14)15(18)17-10-5-3-4-9-16/h6-8,11-12H,3-5,9-10H2,1-2H3,(H,17,18). The summed E-state index contributed by atoms with van der Waals surface area (Å²) >= 11 is 2.37. The second kappa shape index (κ2) is 9.18. The second-order valence-electron chi connectivity index (χ2n) is 4.70. The highest BCUT2D eigenvalue weighted by atomic mass is 127. The van der Waals surface area contributed by atoms with Crippen LogP contribution in [0.4, 0.5) is 0 Å². The van der Waals surface area contributed by atoms with Gasteiger partial charge in [0.15, 0.2) is 0 Å². The molecule has 0 aliphatic carbocycles. The SMILES string of the molecule is CC(C)Oc1cccc(C(=O)NCCCCCI)c1. The van der Waals surface area contributed by atoms with Gasteiger partial charge in [-0.25, -0.2) is 0 Å². The van der Waals surface area contributed by atoms with Gasteiger partial charge in [-0.3, -0.25) is 4.79 Å². The van der Waals surface area contributed by atoms with Crippen molar-refractivity contribution in [3.05, 3.63) is 29.8 Å². The molecular formula is C15H22INO2. The molecule has 0 radical (unpaired) electrons. The van der Waals surface area contributed by atoms with Crippen molar-refractivity contribution in [2.24, 2.45) is 0 Å². The number of hydrogen-bond donors (Lipinski definition) is 1. The Labute approximate surface area is 129 Å². The normalized spacial score (nSPS) is 10.5. The first-order valence-corrected chi connectivity index (χ1v) is 8.27. The fraction of sp³-hybridized carbons (Fsp3) is 0.533. The van der Waals surface area contributed by atoms with E-state index in [-0.39, 0.29) is 12.0 Å². The molecule has 0 atom stereocenters. The Kier molecular flexibility index (Phi) is 7.86. The van der Waals surface area contributed by atoms with Gasteiger partial charge in [0.1, 0.15) is 5.75 Å². The van der Waals surface area contributed by atoms with Gasteiger partial charge in [-0.15, -0.1) is 0 Å². The van der Waals surface area contributed by atoms with E-state index < -0.39 is 0 Å². The lowest BCUT2D eigenvalue weighted by Gasteiger charge is -2.11. The molecule has 0 aliphatic rings. The van der Waals surface area contributed by atoms with Crippen molar-refractivity contribution in [2.45, 2.75) is 39.2 Å². The minimum atomic E-state index is -0.0244. The fourth-order valence-electron chi connectivity index (χ4n) is 1.68. The number of alkyl halides is 1. The van der Waals surface area contributed by atoms with Crippen LogP contribution < -0.4 is 10.1 Å². The molecule has 0 saturated heterocycles. The Hall–Kier alpha value is -0.780. The van der Waals surface area contributed by atoms with Crippen LogP contribution >= 0.6 is 22.6 Å². The van der Waals surface area contributed by atoms with Crippen LogP contribution in [0.5, 0.6) is 5.75 Å². The zero-order valence-electron chi connectivity index (χ0n) is 11.6. The van der Waals surface area contributed by atoms with Gasteiger partial charge in [0.05, 0.1) is 6.10 Å². The average molecular weight is 375 g/mol. The van der Waals surface area contributed by atoms with Gasteiger partial charge < -0.3 is 10.1 Å². The van der Waals surface area contributed by atoms with Crippen molar-refractivity contribution in [1.29, 1.82) is 0 Å². The molecule has 0 aromatic heterocycles. The van der Waals surface area contributed by atoms with Gasteiger partial charge in [-0.2, -0.15) is 0 Å². The first kappa shape index (κ1) is 16.3. The van der Waals surface area contributed by atoms with E-state index in [0.29, 0.717) is 5.56 Å². The summed E-state index contributed by atoms with van der Waals surface area (Å²) in [4.78, 5) is 11.9. The van der Waals surface area contributed by atoms with Crippen LogP contribution in [0.2, 0.25) is 0 Å². The topological polar surface area (TPSA) is 38.3 Å². The lowest BCUT2D eigenvalue weighted by atomic mass is 10.2. The quantitative estimate of drug-likeness (QED) is 0.426. The van der Waals surface area contributed by atoms with E-state index >= 15 is 0 Å². The third-order valence-corrected chi connectivity index (χ3v) is 3.33. The van der Waals surface area contributed by atoms with Gasteiger partial charge in [-0.1, -0.05) is 35.1 Å². The minimum Gasteiger partial charge on any atom is -0.491 e. The molecule has 3 nitrogen and oxygen atoms in total. The molecule has 0 spiro atoms. The number of hydrogen-bond acceptors (Lipinski definition) is 2. The van der Waals surface area contributed by atoms with Crippen LogP contribution in [-0.4, -0.2) is 23.0 Å². The smallest absolute Gasteiger partial charge is 0.251 e. The lowest BCUT2D eigenvalue weighted by Crippen LogP contribution is -2.24. The molecule has 0 unspecified atom stereocenters. The first-order chi connectivity index (χ1) is 9.13. The molecule has 1 rings (SSSR count). The summed E-state index contributed by atoms with van der Waals surface area (Å²) in [6.45, 7) is 4.68. The number of halogens is 1. The first-order valence-electron chi connectivity index (χ1n) is 6.74. The minimum absolute atomic E-state index is 0.0244. The number of rotatable bonds is 8. The molecule has 1 N–H and O–H groups in total. The number of nitrogens with one attached hydrogen (secondary N) is 1. The summed E-state index contributed by atoms with van der Waals surface area (Å²) in [5.74, 6) is 0.719. The van der Waals surface area contributed by atoms with E-state index in [4.69, 9.17) is 4.74 Å². The van der Waals surface area contributed by atoms with E-state index in [1.54, 1.807) is 6.07 Å². The molecular weight excluding hydrogens is 353 g/mol. The van der Waals surface area contributed by atoms with Crippen molar-refractivity contribution in [3.8, 4) is 5.75 Å². The highest BCUT2D eigenvalue weighted by molar-refractivity contribution is 14.1. The third-order valence-electron chi connectivity index (χ3n) is 2.56. The molecule has 1 aromatic carbocycles. The maximum absolute atomic E-state index is 11.9. The van der Waals surface area contributed by atoms with Gasteiger partial charge in [0, 0.05) is 12.1 Å². The Morgan fingerprint density at radius 3 is 2.79 bits per heavy atom. The van der Waals surface area contributed by atoms with Crippen LogP contribution in [0.1, 0.15) is 43.5 Å². The summed E-state index contributed by atoms with van der Waals surface area (Å²) in [7, 11) is 0. The zero-order valence-corrected chi connectivity index (χ0v) is 13.8. The van der Waals surface area contributed by atoms with Crippen LogP contribution in [0.25, 0.3) is 0 Å². The van der Waals surface area contributed by atoms with E-state index in [2.05, 4.69) is 27.9 Å². The molecule has 1 amide bonds. The lowest BCUT2D eigenvalue weighted by molar-refractivity contribution is 0.0952. The summed E-state index contributed by atoms with van der Waals surface area (Å²) in [6.07, 6.45) is 3.54. The largest absolute Gasteiger partial charge is 0.491 e. The molecule has 4 heteroatoms. The summed E-state index contributed by atoms with van der Waals surface area (Å²) in [5.41, 5.74) is 0.659. The van der Waals surface area contributed by atoms with Gasteiger partial charge in [0.25, 0.3) is 5.91 Å². The maximum Gasteiger partial charge on any atom is 0.251 e.